The number of carbonyl (C=O) groups excluding carboxylic acids is 3. The third-order valence-electron chi connectivity index (χ3n) is 10.1. The van der Waals surface area contributed by atoms with E-state index in [9.17, 15) is 23.9 Å². The van der Waals surface area contributed by atoms with Gasteiger partial charge in [-0.2, -0.15) is 0 Å². The summed E-state index contributed by atoms with van der Waals surface area (Å²) >= 11 is 0. The van der Waals surface area contributed by atoms with E-state index in [2.05, 4.69) is 11.8 Å². The van der Waals surface area contributed by atoms with Crippen LogP contribution in [0, 0.1) is 29.5 Å². The van der Waals surface area contributed by atoms with Crippen LogP contribution in [0.3, 0.4) is 0 Å². The number of hydrogen-bond acceptors (Lipinski definition) is 7. The van der Waals surface area contributed by atoms with Crippen LogP contribution >= 0.6 is 0 Å². The van der Waals surface area contributed by atoms with Crippen molar-refractivity contribution in [1.29, 1.82) is 0 Å². The Balaban J connectivity index is 1.26. The number of methoxy groups -OCH3 is 1. The Hall–Kier alpha value is -6.56. The summed E-state index contributed by atoms with van der Waals surface area (Å²) in [5.41, 5.74) is 5.11. The van der Waals surface area contributed by atoms with E-state index in [1.807, 2.05) is 97.1 Å². The van der Waals surface area contributed by atoms with Gasteiger partial charge in [-0.1, -0.05) is 121 Å². The Labute approximate surface area is 338 Å². The first-order chi connectivity index (χ1) is 28.3. The molecular weight excluding hydrogens is 732 g/mol. The maximum atomic E-state index is 13.8. The third-order valence-corrected chi connectivity index (χ3v) is 10.1. The Bertz CT molecular complexity index is 2250. The van der Waals surface area contributed by atoms with E-state index < -0.39 is 42.0 Å². The van der Waals surface area contributed by atoms with Crippen LogP contribution in [-0.2, 0) is 19.0 Å². The average Bonchev–Trinajstić information content (AvgIpc) is 3.57. The average molecular weight is 777 g/mol. The Morgan fingerprint density at radius 1 is 0.741 bits per heavy atom. The second-order valence-corrected chi connectivity index (χ2v) is 14.0. The van der Waals surface area contributed by atoms with Crippen LogP contribution in [0.25, 0.3) is 22.3 Å². The van der Waals surface area contributed by atoms with Gasteiger partial charge in [-0.25, -0.2) is 14.0 Å². The van der Waals surface area contributed by atoms with Gasteiger partial charge in [0.15, 0.2) is 0 Å². The van der Waals surface area contributed by atoms with Crippen molar-refractivity contribution in [2.75, 3.05) is 7.11 Å². The van der Waals surface area contributed by atoms with Crippen LogP contribution in [0.4, 0.5) is 4.39 Å². The van der Waals surface area contributed by atoms with E-state index in [0.717, 1.165) is 22.3 Å². The van der Waals surface area contributed by atoms with Gasteiger partial charge in [0.2, 0.25) is 0 Å². The fraction of sp³-hybridized carbons (Fsp3) is 0.220. The molecule has 58 heavy (non-hydrogen) atoms. The summed E-state index contributed by atoms with van der Waals surface area (Å²) in [5.74, 6) is 2.92. The second kappa shape index (κ2) is 20.6. The fourth-order valence-electron chi connectivity index (χ4n) is 7.03. The summed E-state index contributed by atoms with van der Waals surface area (Å²) in [6, 6.07) is 39.9. The predicted molar refractivity (Wildman–Crippen MR) is 222 cm³/mol. The SMILES string of the molecule is COC(=O)CCC/C=C\C[C@@H]1[C@@H](/C=C/C(O)C#Cc2cccc(F)c2)[C@H](OC(=O)c2ccc(-c3ccccc3)cc2)C[C@@H]1OC(=O)c1ccc(-c2ccccc2)cc1. The molecule has 7 nitrogen and oxygen atoms in total. The number of unbranched alkanes of at least 4 members (excludes halogenated alkanes) is 1. The molecule has 1 aliphatic rings. The third kappa shape index (κ3) is 11.5. The van der Waals surface area contributed by atoms with Crippen LogP contribution in [0.15, 0.2) is 158 Å². The topological polar surface area (TPSA) is 99.1 Å². The van der Waals surface area contributed by atoms with Crippen LogP contribution in [0.1, 0.15) is 58.4 Å². The number of aliphatic hydroxyl groups excluding tert-OH is 1. The molecule has 0 radical (unpaired) electrons. The van der Waals surface area contributed by atoms with Crippen molar-refractivity contribution in [2.24, 2.45) is 11.8 Å². The molecule has 0 bridgehead atoms. The standard InChI is InChI=1S/C50H45FO7/c1-56-48(53)20-11-3-2-10-19-44-45(32-31-43(52)30-21-35-13-12-18-42(51)33-35)47(58-50(55)41-28-24-39(25-29-41)37-16-8-5-9-17-37)34-46(44)57-49(54)40-26-22-38(23-27-40)36-14-6-4-7-15-36/h2,4-10,12-18,22-29,31-33,43-47,52H,3,11,19-20,34H2,1H3/b10-2-,32-31+/t43?,44-,45-,46+,47-/m1/s1. The molecule has 0 aliphatic heterocycles. The maximum Gasteiger partial charge on any atom is 0.338 e. The van der Waals surface area contributed by atoms with Gasteiger partial charge in [0.05, 0.1) is 18.2 Å². The minimum absolute atomic E-state index is 0.211. The molecule has 0 amide bonds. The largest absolute Gasteiger partial charge is 0.469 e. The van der Waals surface area contributed by atoms with Crippen molar-refractivity contribution in [3.8, 4) is 34.1 Å². The van der Waals surface area contributed by atoms with Gasteiger partial charge in [0.25, 0.3) is 0 Å². The molecule has 5 atom stereocenters. The Kier molecular flexibility index (Phi) is 14.6. The predicted octanol–water partition coefficient (Wildman–Crippen LogP) is 9.81. The number of allylic oxidation sites excluding steroid dienone is 2. The molecule has 5 aromatic rings. The monoisotopic (exact) mass is 776 g/mol. The first kappa shape index (κ1) is 41.1. The summed E-state index contributed by atoms with van der Waals surface area (Å²) < 4.78 is 31.0. The van der Waals surface area contributed by atoms with E-state index in [-0.39, 0.29) is 24.7 Å². The Morgan fingerprint density at radius 2 is 1.31 bits per heavy atom. The van der Waals surface area contributed by atoms with E-state index >= 15 is 0 Å². The van der Waals surface area contributed by atoms with Crippen molar-refractivity contribution in [1.82, 2.24) is 0 Å². The number of ether oxygens (including phenoxy) is 3. The summed E-state index contributed by atoms with van der Waals surface area (Å²) in [7, 11) is 1.36. The number of benzene rings is 5. The first-order valence-electron chi connectivity index (χ1n) is 19.4. The lowest BCUT2D eigenvalue weighted by molar-refractivity contribution is -0.140. The van der Waals surface area contributed by atoms with Gasteiger partial charge in [0, 0.05) is 30.2 Å². The van der Waals surface area contributed by atoms with Crippen molar-refractivity contribution in [3.63, 3.8) is 0 Å². The molecule has 1 fully saturated rings. The van der Waals surface area contributed by atoms with Crippen LogP contribution < -0.4 is 0 Å². The highest BCUT2D eigenvalue weighted by Crippen LogP contribution is 2.41. The fourth-order valence-corrected chi connectivity index (χ4v) is 7.03. The molecule has 8 heteroatoms. The van der Waals surface area contributed by atoms with Gasteiger partial charge in [-0.3, -0.25) is 4.79 Å². The zero-order chi connectivity index (χ0) is 40.7. The summed E-state index contributed by atoms with van der Waals surface area (Å²) in [5, 5.41) is 10.9. The highest BCUT2D eigenvalue weighted by molar-refractivity contribution is 5.91. The highest BCUT2D eigenvalue weighted by atomic mass is 19.1. The molecule has 0 heterocycles. The summed E-state index contributed by atoms with van der Waals surface area (Å²) in [6.07, 6.45) is 6.81. The molecule has 6 rings (SSSR count). The molecule has 1 saturated carbocycles. The van der Waals surface area contributed by atoms with Gasteiger partial charge in [0.1, 0.15) is 24.1 Å². The van der Waals surface area contributed by atoms with Crippen LogP contribution in [0.2, 0.25) is 0 Å². The quantitative estimate of drug-likeness (QED) is 0.0394. The zero-order valence-corrected chi connectivity index (χ0v) is 32.2. The number of rotatable bonds is 14. The molecule has 1 N–H and O–H groups in total. The minimum atomic E-state index is -1.22. The van der Waals surface area contributed by atoms with E-state index in [1.165, 1.54) is 25.3 Å². The number of esters is 3. The van der Waals surface area contributed by atoms with E-state index in [1.54, 1.807) is 42.5 Å². The first-order valence-corrected chi connectivity index (χ1v) is 19.4. The molecule has 5 aromatic carbocycles. The van der Waals surface area contributed by atoms with Gasteiger partial charge < -0.3 is 19.3 Å². The van der Waals surface area contributed by atoms with Crippen LogP contribution in [0.5, 0.6) is 0 Å². The lowest BCUT2D eigenvalue weighted by Gasteiger charge is -2.23. The smallest absolute Gasteiger partial charge is 0.338 e. The summed E-state index contributed by atoms with van der Waals surface area (Å²) in [4.78, 5) is 39.1. The molecule has 0 saturated heterocycles. The lowest BCUT2D eigenvalue weighted by Crippen LogP contribution is -2.26. The second-order valence-electron chi connectivity index (χ2n) is 14.0. The minimum Gasteiger partial charge on any atom is -0.469 e. The Morgan fingerprint density at radius 3 is 1.88 bits per heavy atom. The maximum absolute atomic E-state index is 13.8. The van der Waals surface area contributed by atoms with Gasteiger partial charge >= 0.3 is 17.9 Å². The normalized spacial score (nSPS) is 18.0. The molecule has 1 unspecified atom stereocenters. The van der Waals surface area contributed by atoms with E-state index in [4.69, 9.17) is 14.2 Å². The lowest BCUT2D eigenvalue weighted by atomic mass is 9.89. The number of carbonyl (C=O) groups is 3. The van der Waals surface area contributed by atoms with Gasteiger partial charge in [-0.05, 0) is 90.1 Å². The molecule has 0 aromatic heterocycles. The number of aliphatic hydroxyl groups is 1. The highest BCUT2D eigenvalue weighted by Gasteiger charge is 2.45. The molecular formula is C50H45FO7. The van der Waals surface area contributed by atoms with Crippen LogP contribution in [-0.4, -0.2) is 48.4 Å². The van der Waals surface area contributed by atoms with E-state index in [0.29, 0.717) is 36.0 Å². The molecule has 1 aliphatic carbocycles. The zero-order valence-electron chi connectivity index (χ0n) is 32.2. The molecule has 294 valence electrons. The van der Waals surface area contributed by atoms with Gasteiger partial charge in [-0.15, -0.1) is 0 Å². The van der Waals surface area contributed by atoms with Crippen molar-refractivity contribution in [3.05, 3.63) is 180 Å². The molecule has 0 spiro atoms. The number of halogens is 1. The number of hydrogen-bond donors (Lipinski definition) is 1. The summed E-state index contributed by atoms with van der Waals surface area (Å²) in [6.45, 7) is 0. The van der Waals surface area contributed by atoms with Crippen molar-refractivity contribution >= 4 is 17.9 Å². The van der Waals surface area contributed by atoms with Crippen molar-refractivity contribution < 1.29 is 38.1 Å². The van der Waals surface area contributed by atoms with Crippen molar-refractivity contribution in [2.45, 2.75) is 50.4 Å².